The monoisotopic (exact) mass is 263 g/mol. The number of aromatic amines is 1. The normalized spacial score (nSPS) is 39.1. The van der Waals surface area contributed by atoms with E-state index in [-0.39, 0.29) is 5.56 Å². The van der Waals surface area contributed by atoms with Crippen LogP contribution in [0.4, 0.5) is 4.39 Å². The lowest BCUT2D eigenvalue weighted by Crippen LogP contribution is -2.36. The summed E-state index contributed by atoms with van der Waals surface area (Å²) in [5.74, 6) is -3.38. The van der Waals surface area contributed by atoms with E-state index >= 15 is 0 Å². The fourth-order valence-electron chi connectivity index (χ4n) is 1.62. The molecule has 1 aliphatic heterocycles. The van der Waals surface area contributed by atoms with Crippen LogP contribution in [-0.2, 0) is 4.74 Å². The molecule has 3 N–H and O–H groups in total. The lowest BCUT2D eigenvalue weighted by molar-refractivity contribution is -0.180. The van der Waals surface area contributed by atoms with Gasteiger partial charge < -0.3 is 14.9 Å². The number of aryl methyl sites for hydroxylation is 1. The van der Waals surface area contributed by atoms with Gasteiger partial charge in [0.2, 0.25) is 5.85 Å². The van der Waals surface area contributed by atoms with Crippen molar-refractivity contribution in [1.82, 2.24) is 9.55 Å². The van der Waals surface area contributed by atoms with Crippen LogP contribution in [0.3, 0.4) is 0 Å². The highest BCUT2D eigenvalue weighted by molar-refractivity contribution is 5.02. The molecule has 0 radical (unpaired) electrons. The van der Waals surface area contributed by atoms with E-state index in [2.05, 4.69) is 4.74 Å². The van der Waals surface area contributed by atoms with Crippen LogP contribution in [0.15, 0.2) is 15.8 Å². The van der Waals surface area contributed by atoms with E-state index in [4.69, 9.17) is 9.22 Å². The number of H-pyrrole nitrogens is 1. The molecule has 0 amide bonds. The highest BCUT2D eigenvalue weighted by Gasteiger charge is 2.47. The number of nitrogens with one attached hydrogen (secondary N) is 1. The van der Waals surface area contributed by atoms with Gasteiger partial charge in [-0.05, 0) is 6.92 Å². The summed E-state index contributed by atoms with van der Waals surface area (Å²) in [6.07, 6.45) is -4.86. The summed E-state index contributed by atoms with van der Waals surface area (Å²) < 4.78 is 41.1. The second-order valence-electron chi connectivity index (χ2n) is 3.94. The van der Waals surface area contributed by atoms with Gasteiger partial charge in [-0.1, -0.05) is 0 Å². The standard InChI is InChI=1S/C10H13FN2O5/c1-5-3-13(9(17)12-7(5)16)8-6(15)2-10(11,4-14)18-8/h3,6,8,14-15H,2,4H2,1H3,(H,12,16,17)/t6-,8-,10+/m1/s1/i4D2,8D. The minimum Gasteiger partial charge on any atom is -0.390 e. The molecule has 7 nitrogen and oxygen atoms in total. The molecule has 0 aliphatic carbocycles. The molecular formula is C10H13FN2O5. The molecule has 100 valence electrons. The van der Waals surface area contributed by atoms with Crippen LogP contribution in [0.2, 0.25) is 0 Å². The van der Waals surface area contributed by atoms with Crippen molar-refractivity contribution in [1.29, 1.82) is 0 Å². The highest BCUT2D eigenvalue weighted by atomic mass is 19.2. The molecular weight excluding hydrogens is 247 g/mol. The largest absolute Gasteiger partial charge is 0.390 e. The van der Waals surface area contributed by atoms with Gasteiger partial charge in [-0.2, -0.15) is 0 Å². The van der Waals surface area contributed by atoms with Crippen molar-refractivity contribution in [3.05, 3.63) is 32.6 Å². The number of aromatic nitrogens is 2. The summed E-state index contributed by atoms with van der Waals surface area (Å²) in [6, 6.07) is 0. The molecule has 18 heavy (non-hydrogen) atoms. The van der Waals surface area contributed by atoms with Crippen molar-refractivity contribution in [2.45, 2.75) is 31.5 Å². The predicted molar refractivity (Wildman–Crippen MR) is 57.7 cm³/mol. The van der Waals surface area contributed by atoms with Crippen LogP contribution in [0.5, 0.6) is 0 Å². The third kappa shape index (κ3) is 2.09. The maximum atomic E-state index is 14.2. The van der Waals surface area contributed by atoms with E-state index in [1.807, 2.05) is 4.98 Å². The molecule has 2 rings (SSSR count). The second kappa shape index (κ2) is 4.30. The van der Waals surface area contributed by atoms with Crippen LogP contribution in [0.1, 0.15) is 22.3 Å². The van der Waals surface area contributed by atoms with Gasteiger partial charge >= 0.3 is 5.69 Å². The van der Waals surface area contributed by atoms with E-state index in [0.29, 0.717) is 4.57 Å². The average Bonchev–Trinajstić information content (AvgIpc) is 2.55. The lowest BCUT2D eigenvalue weighted by atomic mass is 10.2. The zero-order chi connectivity index (χ0) is 16.2. The van der Waals surface area contributed by atoms with Crippen molar-refractivity contribution in [2.24, 2.45) is 0 Å². The Morgan fingerprint density at radius 3 is 3.06 bits per heavy atom. The number of hydrogen-bond acceptors (Lipinski definition) is 5. The van der Waals surface area contributed by atoms with E-state index in [1.54, 1.807) is 0 Å². The third-order valence-electron chi connectivity index (χ3n) is 2.53. The van der Waals surface area contributed by atoms with Crippen LogP contribution in [0, 0.1) is 6.92 Å². The fourth-order valence-corrected chi connectivity index (χ4v) is 1.62. The second-order valence-corrected chi connectivity index (χ2v) is 3.94. The highest BCUT2D eigenvalue weighted by Crippen LogP contribution is 2.36. The molecule has 0 spiro atoms. The van der Waals surface area contributed by atoms with Gasteiger partial charge in [0.1, 0.15) is 12.7 Å². The van der Waals surface area contributed by atoms with Crippen LogP contribution in [-0.4, -0.2) is 38.3 Å². The number of rotatable bonds is 2. The SMILES string of the molecule is [2H]C([2H])(O)[C@]1(F)C[C@@H](O)[C@]([2H])(n2cc(C)c(=O)[nH]c2=O)O1. The maximum absolute atomic E-state index is 14.2. The molecule has 1 aliphatic rings. The average molecular weight is 263 g/mol. The molecule has 8 heteroatoms. The Morgan fingerprint density at radius 1 is 1.83 bits per heavy atom. The Bertz CT molecular complexity index is 686. The molecule has 0 unspecified atom stereocenters. The smallest absolute Gasteiger partial charge is 0.330 e. The number of aliphatic hydroxyl groups excluding tert-OH is 1. The van der Waals surface area contributed by atoms with Crippen molar-refractivity contribution >= 4 is 0 Å². The van der Waals surface area contributed by atoms with Gasteiger partial charge in [0, 0.05) is 18.2 Å². The molecule has 0 aromatic carbocycles. The first-order chi connectivity index (χ1) is 9.41. The number of hydrogen-bond donors (Lipinski definition) is 3. The van der Waals surface area contributed by atoms with Crippen molar-refractivity contribution < 1.29 is 23.5 Å². The van der Waals surface area contributed by atoms with Gasteiger partial charge in [-0.3, -0.25) is 14.3 Å². The van der Waals surface area contributed by atoms with Crippen LogP contribution in [0.25, 0.3) is 0 Å². The van der Waals surface area contributed by atoms with Crippen LogP contribution >= 0.6 is 0 Å². The first-order valence-electron chi connectivity index (χ1n) is 6.53. The summed E-state index contributed by atoms with van der Waals surface area (Å²) in [4.78, 5) is 24.8. The van der Waals surface area contributed by atoms with Gasteiger partial charge in [0.25, 0.3) is 5.56 Å². The summed E-state index contributed by atoms with van der Waals surface area (Å²) >= 11 is 0. The number of halogens is 1. The molecule has 3 atom stereocenters. The van der Waals surface area contributed by atoms with E-state index in [1.165, 1.54) is 6.92 Å². The first-order valence-corrected chi connectivity index (χ1v) is 5.03. The van der Waals surface area contributed by atoms with E-state index in [0.717, 1.165) is 6.20 Å². The van der Waals surface area contributed by atoms with Gasteiger partial charge in [-0.15, -0.1) is 0 Å². The van der Waals surface area contributed by atoms with Crippen molar-refractivity contribution in [2.75, 3.05) is 6.56 Å². The number of alkyl halides is 1. The molecule has 2 heterocycles. The number of aliphatic hydroxyl groups is 2. The van der Waals surface area contributed by atoms with Gasteiger partial charge in [0.05, 0.1) is 4.11 Å². The lowest BCUT2D eigenvalue weighted by Gasteiger charge is -2.19. The Hall–Kier alpha value is -1.51. The zero-order valence-electron chi connectivity index (χ0n) is 12.3. The minimum absolute atomic E-state index is 0.000363. The van der Waals surface area contributed by atoms with E-state index < -0.39 is 42.4 Å². The zero-order valence-corrected chi connectivity index (χ0v) is 9.31. The van der Waals surface area contributed by atoms with Crippen LogP contribution < -0.4 is 11.2 Å². The summed E-state index contributed by atoms with van der Waals surface area (Å²) in [5.41, 5.74) is -1.86. The quantitative estimate of drug-likeness (QED) is 0.620. The molecule has 1 aromatic heterocycles. The molecule has 1 fully saturated rings. The predicted octanol–water partition coefficient (Wildman–Crippen LogP) is -1.22. The molecule has 1 saturated heterocycles. The first kappa shape index (κ1) is 9.42. The summed E-state index contributed by atoms with van der Waals surface area (Å²) in [6.45, 7) is -2.18. The number of ether oxygens (including phenoxy) is 1. The van der Waals surface area contributed by atoms with Crippen molar-refractivity contribution in [3.8, 4) is 0 Å². The molecule has 0 bridgehead atoms. The van der Waals surface area contributed by atoms with Gasteiger partial charge in [0.15, 0.2) is 6.20 Å². The van der Waals surface area contributed by atoms with Crippen molar-refractivity contribution in [3.63, 3.8) is 0 Å². The molecule has 0 saturated carbocycles. The number of nitrogens with zero attached hydrogens (tertiary/aromatic N) is 1. The maximum Gasteiger partial charge on any atom is 0.330 e. The Balaban J connectivity index is 2.57. The Morgan fingerprint density at radius 2 is 2.50 bits per heavy atom. The minimum atomic E-state index is -3.49. The summed E-state index contributed by atoms with van der Waals surface area (Å²) in [7, 11) is 0. The summed E-state index contributed by atoms with van der Waals surface area (Å²) in [5, 5.41) is 18.9. The van der Waals surface area contributed by atoms with E-state index in [9.17, 15) is 19.1 Å². The molecule has 1 aromatic rings. The third-order valence-corrected chi connectivity index (χ3v) is 2.53. The van der Waals surface area contributed by atoms with Gasteiger partial charge in [-0.25, -0.2) is 9.18 Å². The Labute approximate surface area is 105 Å². The Kier molecular flexibility index (Phi) is 2.25. The topological polar surface area (TPSA) is 105 Å². The fraction of sp³-hybridized carbons (Fsp3) is 0.600.